The molecular weight excluding hydrogens is 318 g/mol. The average Bonchev–Trinajstić information content (AvgIpc) is 2.95. The van der Waals surface area contributed by atoms with Crippen molar-refractivity contribution in [2.45, 2.75) is 32.6 Å². The molecule has 1 aromatic heterocycles. The van der Waals surface area contributed by atoms with Crippen LogP contribution in [0, 0.1) is 13.8 Å². The predicted molar refractivity (Wildman–Crippen MR) is 81.8 cm³/mol. The summed E-state index contributed by atoms with van der Waals surface area (Å²) in [5.41, 5.74) is 3.39. The van der Waals surface area contributed by atoms with Gasteiger partial charge >= 0.3 is 0 Å². The second-order valence-corrected chi connectivity index (χ2v) is 6.22. The summed E-state index contributed by atoms with van der Waals surface area (Å²) in [6, 6.07) is 4.18. The molecule has 0 saturated carbocycles. The van der Waals surface area contributed by atoms with Crippen molar-refractivity contribution in [1.29, 1.82) is 0 Å². The number of piperidine rings is 1. The van der Waals surface area contributed by atoms with E-state index in [9.17, 15) is 0 Å². The van der Waals surface area contributed by atoms with E-state index >= 15 is 0 Å². The number of rotatable bonds is 2. The van der Waals surface area contributed by atoms with Crippen LogP contribution in [0.5, 0.6) is 0 Å². The first-order valence-electron chi connectivity index (χ1n) is 6.96. The molecule has 1 aliphatic rings. The SMILES string of the molecule is Cc1cc(-c2noc(C3CCCNC3)n2)cc(C)c1Br. The first-order valence-corrected chi connectivity index (χ1v) is 7.76. The molecule has 1 fully saturated rings. The second-order valence-electron chi connectivity index (χ2n) is 5.42. The lowest BCUT2D eigenvalue weighted by atomic mass is 10.00. The number of aryl methyl sites for hydroxylation is 2. The number of benzene rings is 1. The number of halogens is 1. The molecule has 1 atom stereocenters. The first-order chi connectivity index (χ1) is 9.65. The normalized spacial score (nSPS) is 19.2. The maximum absolute atomic E-state index is 5.46. The maximum Gasteiger partial charge on any atom is 0.231 e. The van der Waals surface area contributed by atoms with Gasteiger partial charge in [0.15, 0.2) is 0 Å². The van der Waals surface area contributed by atoms with Gasteiger partial charge in [0.2, 0.25) is 11.7 Å². The Bertz CT molecular complexity index is 594. The third-order valence-electron chi connectivity index (χ3n) is 3.78. The molecule has 4 nitrogen and oxygen atoms in total. The Morgan fingerprint density at radius 3 is 2.70 bits per heavy atom. The lowest BCUT2D eigenvalue weighted by Gasteiger charge is -2.18. The Morgan fingerprint density at radius 1 is 1.30 bits per heavy atom. The summed E-state index contributed by atoms with van der Waals surface area (Å²) in [4.78, 5) is 4.58. The van der Waals surface area contributed by atoms with Crippen molar-refractivity contribution in [3.05, 3.63) is 33.6 Å². The van der Waals surface area contributed by atoms with E-state index in [1.54, 1.807) is 0 Å². The van der Waals surface area contributed by atoms with E-state index in [0.29, 0.717) is 11.7 Å². The minimum Gasteiger partial charge on any atom is -0.339 e. The first kappa shape index (κ1) is 13.8. The Kier molecular flexibility index (Phi) is 3.89. The van der Waals surface area contributed by atoms with Crippen LogP contribution in [0.3, 0.4) is 0 Å². The van der Waals surface area contributed by atoms with Crippen LogP contribution in [0.4, 0.5) is 0 Å². The van der Waals surface area contributed by atoms with Crippen LogP contribution in [0.2, 0.25) is 0 Å². The van der Waals surface area contributed by atoms with E-state index in [1.165, 1.54) is 17.5 Å². The van der Waals surface area contributed by atoms with Crippen LogP contribution in [-0.4, -0.2) is 23.2 Å². The Labute approximate surface area is 127 Å². The van der Waals surface area contributed by atoms with Gasteiger partial charge in [-0.3, -0.25) is 0 Å². The molecule has 0 radical (unpaired) electrons. The van der Waals surface area contributed by atoms with Gasteiger partial charge in [-0.25, -0.2) is 0 Å². The van der Waals surface area contributed by atoms with E-state index in [2.05, 4.69) is 57.4 Å². The van der Waals surface area contributed by atoms with Gasteiger partial charge in [-0.05, 0) is 56.5 Å². The van der Waals surface area contributed by atoms with Crippen LogP contribution >= 0.6 is 15.9 Å². The molecule has 0 bridgehead atoms. The predicted octanol–water partition coefficient (Wildman–Crippen LogP) is 3.58. The molecule has 1 N–H and O–H groups in total. The molecule has 1 unspecified atom stereocenters. The van der Waals surface area contributed by atoms with Gasteiger partial charge in [0.05, 0.1) is 5.92 Å². The summed E-state index contributed by atoms with van der Waals surface area (Å²) in [5, 5.41) is 7.52. The van der Waals surface area contributed by atoms with E-state index < -0.39 is 0 Å². The summed E-state index contributed by atoms with van der Waals surface area (Å²) in [5.74, 6) is 1.79. The van der Waals surface area contributed by atoms with Crippen molar-refractivity contribution in [3.8, 4) is 11.4 Å². The number of aromatic nitrogens is 2. The molecule has 1 aromatic carbocycles. The van der Waals surface area contributed by atoms with Gasteiger partial charge in [-0.1, -0.05) is 21.1 Å². The highest BCUT2D eigenvalue weighted by atomic mass is 79.9. The second kappa shape index (κ2) is 5.66. The fourth-order valence-corrected chi connectivity index (χ4v) is 2.88. The monoisotopic (exact) mass is 335 g/mol. The molecule has 0 amide bonds. The molecule has 0 spiro atoms. The van der Waals surface area contributed by atoms with Gasteiger partial charge in [0, 0.05) is 16.6 Å². The van der Waals surface area contributed by atoms with Gasteiger partial charge in [0.1, 0.15) is 0 Å². The molecule has 2 heterocycles. The van der Waals surface area contributed by atoms with Gasteiger partial charge in [-0.15, -0.1) is 0 Å². The van der Waals surface area contributed by atoms with Gasteiger partial charge < -0.3 is 9.84 Å². The van der Waals surface area contributed by atoms with E-state index in [1.807, 2.05) is 0 Å². The fraction of sp³-hybridized carbons (Fsp3) is 0.467. The zero-order valence-corrected chi connectivity index (χ0v) is 13.3. The van der Waals surface area contributed by atoms with E-state index in [-0.39, 0.29) is 0 Å². The molecular formula is C15H18BrN3O. The van der Waals surface area contributed by atoms with Gasteiger partial charge in [-0.2, -0.15) is 4.98 Å². The van der Waals surface area contributed by atoms with Crippen molar-refractivity contribution < 1.29 is 4.52 Å². The highest BCUT2D eigenvalue weighted by molar-refractivity contribution is 9.10. The molecule has 3 rings (SSSR count). The van der Waals surface area contributed by atoms with Crippen LogP contribution in [-0.2, 0) is 0 Å². The molecule has 1 aliphatic heterocycles. The van der Waals surface area contributed by atoms with Crippen molar-refractivity contribution >= 4 is 15.9 Å². The lowest BCUT2D eigenvalue weighted by Crippen LogP contribution is -2.28. The molecule has 20 heavy (non-hydrogen) atoms. The Balaban J connectivity index is 1.89. The van der Waals surface area contributed by atoms with Crippen LogP contribution in [0.15, 0.2) is 21.1 Å². The molecule has 5 heteroatoms. The van der Waals surface area contributed by atoms with Crippen LogP contribution in [0.1, 0.15) is 35.8 Å². The minimum absolute atomic E-state index is 0.350. The number of hydrogen-bond donors (Lipinski definition) is 1. The van der Waals surface area contributed by atoms with Crippen molar-refractivity contribution in [1.82, 2.24) is 15.5 Å². The zero-order valence-electron chi connectivity index (χ0n) is 11.7. The summed E-state index contributed by atoms with van der Waals surface area (Å²) >= 11 is 3.58. The zero-order chi connectivity index (χ0) is 14.1. The third-order valence-corrected chi connectivity index (χ3v) is 5.03. The highest BCUT2D eigenvalue weighted by Crippen LogP contribution is 2.29. The topological polar surface area (TPSA) is 51.0 Å². The minimum atomic E-state index is 0.350. The van der Waals surface area contributed by atoms with E-state index in [4.69, 9.17) is 4.52 Å². The summed E-state index contributed by atoms with van der Waals surface area (Å²) in [6.45, 7) is 6.17. The maximum atomic E-state index is 5.46. The number of nitrogens with one attached hydrogen (secondary N) is 1. The summed E-state index contributed by atoms with van der Waals surface area (Å²) < 4.78 is 6.60. The molecule has 106 valence electrons. The van der Waals surface area contributed by atoms with Crippen LogP contribution in [0.25, 0.3) is 11.4 Å². The standard InChI is InChI=1S/C15H18BrN3O/c1-9-6-12(7-10(2)13(9)16)14-18-15(20-19-14)11-4-3-5-17-8-11/h6-7,11,17H,3-5,8H2,1-2H3. The smallest absolute Gasteiger partial charge is 0.231 e. The number of nitrogens with zero attached hydrogens (tertiary/aromatic N) is 2. The summed E-state index contributed by atoms with van der Waals surface area (Å²) in [7, 11) is 0. The quantitative estimate of drug-likeness (QED) is 0.911. The largest absolute Gasteiger partial charge is 0.339 e. The Hall–Kier alpha value is -1.20. The van der Waals surface area contributed by atoms with Crippen molar-refractivity contribution in [2.75, 3.05) is 13.1 Å². The van der Waals surface area contributed by atoms with E-state index in [0.717, 1.165) is 35.4 Å². The Morgan fingerprint density at radius 2 is 2.05 bits per heavy atom. The van der Waals surface area contributed by atoms with Crippen LogP contribution < -0.4 is 5.32 Å². The van der Waals surface area contributed by atoms with Crippen molar-refractivity contribution in [3.63, 3.8) is 0 Å². The molecule has 1 saturated heterocycles. The molecule has 2 aromatic rings. The molecule has 0 aliphatic carbocycles. The van der Waals surface area contributed by atoms with Crippen molar-refractivity contribution in [2.24, 2.45) is 0 Å². The third kappa shape index (κ3) is 2.65. The highest BCUT2D eigenvalue weighted by Gasteiger charge is 2.22. The fourth-order valence-electron chi connectivity index (χ4n) is 2.66. The summed E-state index contributed by atoms with van der Waals surface area (Å²) in [6.07, 6.45) is 2.28. The lowest BCUT2D eigenvalue weighted by molar-refractivity contribution is 0.322. The van der Waals surface area contributed by atoms with Gasteiger partial charge in [0.25, 0.3) is 0 Å². The number of hydrogen-bond acceptors (Lipinski definition) is 4. The average molecular weight is 336 g/mol.